The van der Waals surface area contributed by atoms with Gasteiger partial charge in [0, 0.05) is 49.6 Å². The average molecular weight is 484 g/mol. The number of carbonyl (C=O) groups is 5. The van der Waals surface area contributed by atoms with Crippen molar-refractivity contribution in [1.82, 2.24) is 10.4 Å². The van der Waals surface area contributed by atoms with E-state index in [1.807, 2.05) is 0 Å². The van der Waals surface area contributed by atoms with E-state index in [4.69, 9.17) is 15.0 Å². The molecule has 3 amide bonds. The summed E-state index contributed by atoms with van der Waals surface area (Å²) in [4.78, 5) is 65.9. The zero-order valence-electron chi connectivity index (χ0n) is 19.7. The molecule has 1 unspecified atom stereocenters. The maximum Gasteiger partial charge on any atom is 0.537 e. The molecule has 0 bridgehead atoms. The lowest BCUT2D eigenvalue weighted by molar-refractivity contribution is -0.199. The molecule has 0 aromatic rings. The van der Waals surface area contributed by atoms with Gasteiger partial charge in [-0.15, -0.1) is 0 Å². The van der Waals surface area contributed by atoms with Crippen LogP contribution in [0, 0.1) is 5.92 Å². The summed E-state index contributed by atoms with van der Waals surface area (Å²) in [6.45, 7) is 4.28. The largest absolute Gasteiger partial charge is 0.537 e. The lowest BCUT2D eigenvalue weighted by Crippen LogP contribution is -2.36. The molecule has 1 fully saturated rings. The summed E-state index contributed by atoms with van der Waals surface area (Å²) in [5.41, 5.74) is 8.18. The Morgan fingerprint density at radius 1 is 1.00 bits per heavy atom. The number of hydrogen-bond acceptors (Lipinski definition) is 9. The molecule has 0 saturated carbocycles. The SMILES string of the molecule is CC(C)C(OC(=O)CCCCCNC(=O)CCCCCN=[N+]=[N-])OC(=O)ON1C(=O)CCC1=O. The van der Waals surface area contributed by atoms with Gasteiger partial charge in [-0.2, -0.15) is 0 Å². The van der Waals surface area contributed by atoms with E-state index in [2.05, 4.69) is 20.2 Å². The Kier molecular flexibility index (Phi) is 13.8. The van der Waals surface area contributed by atoms with Gasteiger partial charge in [-0.25, -0.2) is 4.79 Å². The number of azide groups is 1. The number of hydroxylamine groups is 2. The summed E-state index contributed by atoms with van der Waals surface area (Å²) in [6.07, 6.45) is 2.14. The maximum atomic E-state index is 12.1. The molecule has 190 valence electrons. The van der Waals surface area contributed by atoms with E-state index in [1.165, 1.54) is 0 Å². The molecule has 0 aliphatic carbocycles. The minimum absolute atomic E-state index is 0.0377. The standard InChI is InChI=1S/C21H33N5O8/c1-15(2)20(33-21(31)34-26-17(28)11-12-18(26)29)32-19(30)10-6-4-7-13-23-16(27)9-5-3-8-14-24-25-22/h15,20H,3-14H2,1-2H3,(H,23,27). The summed E-state index contributed by atoms with van der Waals surface area (Å²) >= 11 is 0. The molecule has 1 aliphatic rings. The molecule has 34 heavy (non-hydrogen) atoms. The molecular formula is C21H33N5O8. The number of amides is 3. The normalized spacial score (nSPS) is 13.9. The van der Waals surface area contributed by atoms with E-state index in [9.17, 15) is 24.0 Å². The van der Waals surface area contributed by atoms with E-state index in [1.54, 1.807) is 13.8 Å². The predicted molar refractivity (Wildman–Crippen MR) is 117 cm³/mol. The van der Waals surface area contributed by atoms with Gasteiger partial charge in [-0.05, 0) is 31.2 Å². The van der Waals surface area contributed by atoms with Crippen LogP contribution in [0.4, 0.5) is 4.79 Å². The molecule has 0 aromatic carbocycles. The number of nitrogens with zero attached hydrogens (tertiary/aromatic N) is 4. The molecule has 1 saturated heterocycles. The van der Waals surface area contributed by atoms with E-state index in [-0.39, 0.29) is 31.1 Å². The Labute approximate surface area is 198 Å². The van der Waals surface area contributed by atoms with Crippen LogP contribution in [0.2, 0.25) is 0 Å². The highest BCUT2D eigenvalue weighted by Gasteiger charge is 2.34. The Bertz CT molecular complexity index is 750. The number of ether oxygens (including phenoxy) is 2. The van der Waals surface area contributed by atoms with E-state index in [0.717, 1.165) is 19.3 Å². The van der Waals surface area contributed by atoms with Gasteiger partial charge in [0.1, 0.15) is 0 Å². The first kappa shape index (κ1) is 28.7. The van der Waals surface area contributed by atoms with Crippen LogP contribution in [0.5, 0.6) is 0 Å². The van der Waals surface area contributed by atoms with Crippen molar-refractivity contribution in [3.8, 4) is 0 Å². The van der Waals surface area contributed by atoms with Gasteiger partial charge in [0.15, 0.2) is 0 Å². The van der Waals surface area contributed by atoms with Gasteiger partial charge in [-0.3, -0.25) is 24.0 Å². The first-order valence-electron chi connectivity index (χ1n) is 11.5. The van der Waals surface area contributed by atoms with Gasteiger partial charge < -0.3 is 14.8 Å². The van der Waals surface area contributed by atoms with Crippen LogP contribution in [0.3, 0.4) is 0 Å². The second-order valence-corrected chi connectivity index (χ2v) is 8.07. The molecular weight excluding hydrogens is 450 g/mol. The third-order valence-corrected chi connectivity index (χ3v) is 4.78. The monoisotopic (exact) mass is 483 g/mol. The lowest BCUT2D eigenvalue weighted by Gasteiger charge is -2.22. The number of rotatable bonds is 16. The first-order valence-corrected chi connectivity index (χ1v) is 11.5. The summed E-state index contributed by atoms with van der Waals surface area (Å²) in [5, 5.41) is 6.61. The second kappa shape index (κ2) is 16.3. The molecule has 1 aliphatic heterocycles. The van der Waals surface area contributed by atoms with Gasteiger partial charge in [0.25, 0.3) is 18.1 Å². The van der Waals surface area contributed by atoms with Crippen LogP contribution in [0.1, 0.15) is 78.1 Å². The van der Waals surface area contributed by atoms with Crippen molar-refractivity contribution in [2.24, 2.45) is 11.0 Å². The molecule has 1 heterocycles. The number of nitrogens with one attached hydrogen (secondary N) is 1. The summed E-state index contributed by atoms with van der Waals surface area (Å²) in [5.74, 6) is -2.26. The number of carbonyl (C=O) groups excluding carboxylic acids is 5. The second-order valence-electron chi connectivity index (χ2n) is 8.07. The average Bonchev–Trinajstić information content (AvgIpc) is 3.09. The molecule has 13 heteroatoms. The van der Waals surface area contributed by atoms with Crippen molar-refractivity contribution in [3.05, 3.63) is 10.4 Å². The fourth-order valence-corrected chi connectivity index (χ4v) is 2.91. The highest BCUT2D eigenvalue weighted by Crippen LogP contribution is 2.16. The van der Waals surface area contributed by atoms with Crippen LogP contribution >= 0.6 is 0 Å². The third-order valence-electron chi connectivity index (χ3n) is 4.78. The van der Waals surface area contributed by atoms with Crippen LogP contribution in [-0.2, 0) is 33.5 Å². The van der Waals surface area contributed by atoms with Crippen molar-refractivity contribution in [3.63, 3.8) is 0 Å². The number of imide groups is 1. The van der Waals surface area contributed by atoms with Crippen molar-refractivity contribution in [2.45, 2.75) is 84.3 Å². The molecule has 1 atom stereocenters. The molecule has 1 rings (SSSR count). The van der Waals surface area contributed by atoms with Crippen molar-refractivity contribution in [2.75, 3.05) is 13.1 Å². The topological polar surface area (TPSA) is 177 Å². The van der Waals surface area contributed by atoms with Crippen molar-refractivity contribution in [1.29, 1.82) is 0 Å². The Morgan fingerprint density at radius 2 is 1.65 bits per heavy atom. The Balaban J connectivity index is 2.17. The number of esters is 1. The highest BCUT2D eigenvalue weighted by molar-refractivity contribution is 6.01. The summed E-state index contributed by atoms with van der Waals surface area (Å²) in [6, 6.07) is 0. The zero-order chi connectivity index (χ0) is 25.3. The van der Waals surface area contributed by atoms with Crippen LogP contribution < -0.4 is 5.32 Å². The molecule has 0 spiro atoms. The van der Waals surface area contributed by atoms with Gasteiger partial charge in [0.05, 0.1) is 0 Å². The van der Waals surface area contributed by atoms with Crippen molar-refractivity contribution < 1.29 is 38.3 Å². The third kappa shape index (κ3) is 12.0. The molecule has 1 N–H and O–H groups in total. The summed E-state index contributed by atoms with van der Waals surface area (Å²) in [7, 11) is 0. The minimum Gasteiger partial charge on any atom is -0.425 e. The predicted octanol–water partition coefficient (Wildman–Crippen LogP) is 3.28. The van der Waals surface area contributed by atoms with Crippen LogP contribution in [0.15, 0.2) is 5.11 Å². The Morgan fingerprint density at radius 3 is 2.29 bits per heavy atom. The van der Waals surface area contributed by atoms with Gasteiger partial charge >= 0.3 is 12.1 Å². The zero-order valence-corrected chi connectivity index (χ0v) is 19.7. The highest BCUT2D eigenvalue weighted by atomic mass is 16.9. The molecule has 0 radical (unpaired) electrons. The van der Waals surface area contributed by atoms with Crippen molar-refractivity contribution >= 4 is 29.8 Å². The maximum absolute atomic E-state index is 12.1. The Hall–Kier alpha value is -3.34. The quantitative estimate of drug-likeness (QED) is 0.0661. The van der Waals surface area contributed by atoms with E-state index >= 15 is 0 Å². The molecule has 13 nitrogen and oxygen atoms in total. The van der Waals surface area contributed by atoms with E-state index in [0.29, 0.717) is 43.8 Å². The lowest BCUT2D eigenvalue weighted by atomic mass is 10.1. The van der Waals surface area contributed by atoms with E-state index < -0.39 is 30.2 Å². The van der Waals surface area contributed by atoms with Crippen LogP contribution in [0.25, 0.3) is 10.4 Å². The van der Waals surface area contributed by atoms with Gasteiger partial charge in [0.2, 0.25) is 5.91 Å². The van der Waals surface area contributed by atoms with Crippen LogP contribution in [-0.4, -0.2) is 54.3 Å². The molecule has 0 aromatic heterocycles. The minimum atomic E-state index is -1.30. The summed E-state index contributed by atoms with van der Waals surface area (Å²) < 4.78 is 10.1. The smallest absolute Gasteiger partial charge is 0.425 e. The number of unbranched alkanes of at least 4 members (excludes halogenated alkanes) is 4. The fourth-order valence-electron chi connectivity index (χ4n) is 2.91. The fraction of sp³-hybridized carbons (Fsp3) is 0.762. The first-order chi connectivity index (χ1) is 16.2. The van der Waals surface area contributed by atoms with Gasteiger partial charge in [-0.1, -0.05) is 36.9 Å². The number of hydrogen-bond donors (Lipinski definition) is 1.